The largest absolute Gasteiger partial charge is 0.481 e. The molecule has 7 heteroatoms. The molecule has 0 bridgehead atoms. The van der Waals surface area contributed by atoms with Crippen LogP contribution in [0.3, 0.4) is 0 Å². The highest BCUT2D eigenvalue weighted by Gasteiger charge is 2.36. The Kier molecular flexibility index (Phi) is 4.59. The Hall–Kier alpha value is -2.70. The molecule has 1 heterocycles. The molecule has 1 aliphatic rings. The number of amides is 1. The number of carbonyl (C=O) groups is 2. The van der Waals surface area contributed by atoms with E-state index in [1.807, 2.05) is 0 Å². The van der Waals surface area contributed by atoms with Gasteiger partial charge in [-0.15, -0.1) is 0 Å². The van der Waals surface area contributed by atoms with Crippen LogP contribution in [-0.4, -0.2) is 27.0 Å². The van der Waals surface area contributed by atoms with Crippen molar-refractivity contribution in [3.63, 3.8) is 0 Å². The quantitative estimate of drug-likeness (QED) is 0.756. The number of nitrogens with zero attached hydrogens (tertiary/aromatic N) is 1. The predicted molar refractivity (Wildman–Crippen MR) is 83.4 cm³/mol. The minimum atomic E-state index is -0.835. The molecule has 1 atom stereocenters. The van der Waals surface area contributed by atoms with E-state index in [0.29, 0.717) is 18.7 Å². The van der Waals surface area contributed by atoms with E-state index >= 15 is 0 Å². The van der Waals surface area contributed by atoms with E-state index < -0.39 is 12.0 Å². The van der Waals surface area contributed by atoms with Crippen LogP contribution in [0.1, 0.15) is 36.7 Å². The third-order valence-electron chi connectivity index (χ3n) is 4.35. The van der Waals surface area contributed by atoms with Crippen LogP contribution in [0, 0.1) is 17.7 Å². The molecule has 3 N–H and O–H groups in total. The summed E-state index contributed by atoms with van der Waals surface area (Å²) in [5, 5.41) is 11.7. The molecule has 1 fully saturated rings. The highest BCUT2D eigenvalue weighted by Crippen LogP contribution is 2.36. The Morgan fingerprint density at radius 3 is 2.62 bits per heavy atom. The first-order valence-corrected chi connectivity index (χ1v) is 7.80. The standard InChI is InChI=1S/C17H18FN3O3/c18-13-3-1-11(2-4-13)15(16-19-5-6-20-16)21-17(24)12-7-10(8-12)9-14(22)23/h1-6,10,12,15H,7-9H2,(H,19,20)(H,21,24)(H,22,23). The number of hydrogen-bond donors (Lipinski definition) is 3. The number of carbonyl (C=O) groups excluding carboxylic acids is 1. The summed E-state index contributed by atoms with van der Waals surface area (Å²) in [4.78, 5) is 30.3. The molecule has 1 aromatic heterocycles. The lowest BCUT2D eigenvalue weighted by Gasteiger charge is -2.34. The lowest BCUT2D eigenvalue weighted by molar-refractivity contribution is -0.141. The fourth-order valence-electron chi connectivity index (χ4n) is 3.02. The van der Waals surface area contributed by atoms with E-state index in [4.69, 9.17) is 5.11 Å². The van der Waals surface area contributed by atoms with Gasteiger partial charge in [0, 0.05) is 24.7 Å². The highest BCUT2D eigenvalue weighted by molar-refractivity contribution is 5.80. The van der Waals surface area contributed by atoms with Gasteiger partial charge < -0.3 is 15.4 Å². The number of carboxylic acids is 1. The molecule has 0 spiro atoms. The van der Waals surface area contributed by atoms with Gasteiger partial charge in [-0.3, -0.25) is 9.59 Å². The number of nitrogens with one attached hydrogen (secondary N) is 2. The van der Waals surface area contributed by atoms with Crippen LogP contribution in [0.5, 0.6) is 0 Å². The summed E-state index contributed by atoms with van der Waals surface area (Å²) < 4.78 is 13.1. The Morgan fingerprint density at radius 2 is 2.04 bits per heavy atom. The summed E-state index contributed by atoms with van der Waals surface area (Å²) in [6, 6.07) is 5.40. The third-order valence-corrected chi connectivity index (χ3v) is 4.35. The maximum absolute atomic E-state index is 13.1. The summed E-state index contributed by atoms with van der Waals surface area (Å²) in [6.45, 7) is 0. The van der Waals surface area contributed by atoms with Crippen molar-refractivity contribution in [1.82, 2.24) is 15.3 Å². The number of aliphatic carboxylic acids is 1. The molecule has 126 valence electrons. The van der Waals surface area contributed by atoms with Crippen molar-refractivity contribution in [3.05, 3.63) is 53.9 Å². The van der Waals surface area contributed by atoms with Gasteiger partial charge in [0.2, 0.25) is 5.91 Å². The zero-order valence-electron chi connectivity index (χ0n) is 12.9. The molecule has 0 aliphatic heterocycles. The predicted octanol–water partition coefficient (Wildman–Crippen LogP) is 2.26. The lowest BCUT2D eigenvalue weighted by atomic mass is 9.72. The minimum absolute atomic E-state index is 0.0612. The van der Waals surface area contributed by atoms with E-state index in [-0.39, 0.29) is 30.0 Å². The number of aromatic amines is 1. The number of aromatic nitrogens is 2. The van der Waals surface area contributed by atoms with Crippen molar-refractivity contribution in [3.8, 4) is 0 Å². The second kappa shape index (κ2) is 6.82. The molecule has 3 rings (SSSR count). The fraction of sp³-hybridized carbons (Fsp3) is 0.353. The fourth-order valence-corrected chi connectivity index (χ4v) is 3.02. The van der Waals surface area contributed by atoms with Gasteiger partial charge in [0.15, 0.2) is 0 Å². The molecule has 1 unspecified atom stereocenters. The zero-order chi connectivity index (χ0) is 17.1. The van der Waals surface area contributed by atoms with E-state index in [0.717, 1.165) is 5.56 Å². The summed E-state index contributed by atoms with van der Waals surface area (Å²) >= 11 is 0. The first-order valence-electron chi connectivity index (χ1n) is 7.80. The molecule has 24 heavy (non-hydrogen) atoms. The molecule has 6 nitrogen and oxygen atoms in total. The van der Waals surface area contributed by atoms with Gasteiger partial charge >= 0.3 is 5.97 Å². The van der Waals surface area contributed by atoms with E-state index in [9.17, 15) is 14.0 Å². The van der Waals surface area contributed by atoms with Crippen LogP contribution < -0.4 is 5.32 Å². The summed E-state index contributed by atoms with van der Waals surface area (Å²) in [5.74, 6) is -0.880. The van der Waals surface area contributed by atoms with Crippen molar-refractivity contribution in [2.45, 2.75) is 25.3 Å². The molecule has 0 radical (unpaired) electrons. The van der Waals surface area contributed by atoms with Gasteiger partial charge in [0.25, 0.3) is 0 Å². The Balaban J connectivity index is 1.68. The highest BCUT2D eigenvalue weighted by atomic mass is 19.1. The average molecular weight is 331 g/mol. The van der Waals surface area contributed by atoms with Crippen molar-refractivity contribution < 1.29 is 19.1 Å². The van der Waals surface area contributed by atoms with Crippen LogP contribution in [0.25, 0.3) is 0 Å². The van der Waals surface area contributed by atoms with Crippen LogP contribution in [0.2, 0.25) is 0 Å². The van der Waals surface area contributed by atoms with Gasteiger partial charge in [0.1, 0.15) is 17.7 Å². The summed E-state index contributed by atoms with van der Waals surface area (Å²) in [6.07, 6.45) is 4.50. The van der Waals surface area contributed by atoms with Gasteiger partial charge in [-0.1, -0.05) is 12.1 Å². The van der Waals surface area contributed by atoms with Crippen LogP contribution in [-0.2, 0) is 9.59 Å². The van der Waals surface area contributed by atoms with Gasteiger partial charge in [-0.2, -0.15) is 0 Å². The van der Waals surface area contributed by atoms with Gasteiger partial charge in [-0.05, 0) is 36.5 Å². The van der Waals surface area contributed by atoms with E-state index in [1.165, 1.54) is 12.1 Å². The molecule has 1 amide bonds. The van der Waals surface area contributed by atoms with Crippen molar-refractivity contribution in [1.29, 1.82) is 0 Å². The number of carboxylic acid groups (broad SMARTS) is 1. The molecule has 1 saturated carbocycles. The Labute approximate surface area is 138 Å². The Bertz CT molecular complexity index is 709. The SMILES string of the molecule is O=C(O)CC1CC(C(=O)NC(c2ccc(F)cc2)c2ncc[nH]2)C1. The van der Waals surface area contributed by atoms with Crippen molar-refractivity contribution >= 4 is 11.9 Å². The first kappa shape index (κ1) is 16.2. The van der Waals surface area contributed by atoms with Gasteiger partial charge in [0.05, 0.1) is 0 Å². The number of halogens is 1. The number of imidazole rings is 1. The van der Waals surface area contributed by atoms with Crippen molar-refractivity contribution in [2.24, 2.45) is 11.8 Å². The molecular formula is C17H18FN3O3. The van der Waals surface area contributed by atoms with Gasteiger partial charge in [-0.25, -0.2) is 9.37 Å². The minimum Gasteiger partial charge on any atom is -0.481 e. The second-order valence-electron chi connectivity index (χ2n) is 6.10. The summed E-state index contributed by atoms with van der Waals surface area (Å²) in [7, 11) is 0. The van der Waals surface area contributed by atoms with Crippen LogP contribution in [0.4, 0.5) is 4.39 Å². The topological polar surface area (TPSA) is 95.1 Å². The maximum atomic E-state index is 13.1. The second-order valence-corrected chi connectivity index (χ2v) is 6.10. The zero-order valence-corrected chi connectivity index (χ0v) is 12.9. The van der Waals surface area contributed by atoms with Crippen LogP contribution >= 0.6 is 0 Å². The van der Waals surface area contributed by atoms with E-state index in [1.54, 1.807) is 24.5 Å². The number of hydrogen-bond acceptors (Lipinski definition) is 3. The molecular weight excluding hydrogens is 313 g/mol. The number of H-pyrrole nitrogens is 1. The smallest absolute Gasteiger partial charge is 0.303 e. The maximum Gasteiger partial charge on any atom is 0.303 e. The third kappa shape index (κ3) is 3.61. The Morgan fingerprint density at radius 1 is 1.33 bits per heavy atom. The molecule has 0 saturated heterocycles. The molecule has 1 aliphatic carbocycles. The number of benzene rings is 1. The van der Waals surface area contributed by atoms with E-state index in [2.05, 4.69) is 15.3 Å². The average Bonchev–Trinajstić information content (AvgIpc) is 3.03. The molecule has 1 aromatic carbocycles. The first-order chi connectivity index (χ1) is 11.5. The monoisotopic (exact) mass is 331 g/mol. The molecule has 2 aromatic rings. The van der Waals surface area contributed by atoms with Crippen molar-refractivity contribution in [2.75, 3.05) is 0 Å². The number of rotatable bonds is 6. The summed E-state index contributed by atoms with van der Waals surface area (Å²) in [5.41, 5.74) is 0.723. The van der Waals surface area contributed by atoms with Crippen LogP contribution in [0.15, 0.2) is 36.7 Å². The lowest BCUT2D eigenvalue weighted by Crippen LogP contribution is -2.41. The normalized spacial score (nSPS) is 20.9.